The van der Waals surface area contributed by atoms with Crippen molar-refractivity contribution in [3.8, 4) is 0 Å². The molecular formula is C17H27N3O2. The molecule has 1 saturated heterocycles. The molecule has 1 aromatic heterocycles. The van der Waals surface area contributed by atoms with Crippen molar-refractivity contribution in [3.05, 3.63) is 11.7 Å². The Morgan fingerprint density at radius 2 is 2.05 bits per heavy atom. The number of piperidine rings is 1. The van der Waals surface area contributed by atoms with Gasteiger partial charge in [-0.15, -0.1) is 0 Å². The van der Waals surface area contributed by atoms with Crippen LogP contribution in [0, 0.1) is 12.8 Å². The predicted molar refractivity (Wildman–Crippen MR) is 83.4 cm³/mol. The van der Waals surface area contributed by atoms with Crippen LogP contribution in [0.1, 0.15) is 75.4 Å². The Labute approximate surface area is 132 Å². The fourth-order valence-electron chi connectivity index (χ4n) is 3.85. The molecule has 1 aromatic rings. The quantitative estimate of drug-likeness (QED) is 0.855. The molecule has 1 saturated carbocycles. The third kappa shape index (κ3) is 3.87. The van der Waals surface area contributed by atoms with Gasteiger partial charge in [0.15, 0.2) is 5.82 Å². The molecule has 0 spiro atoms. The van der Waals surface area contributed by atoms with E-state index in [0.717, 1.165) is 38.3 Å². The second-order valence-electron chi connectivity index (χ2n) is 6.90. The molecular weight excluding hydrogens is 278 g/mol. The van der Waals surface area contributed by atoms with E-state index in [2.05, 4.69) is 10.1 Å². The van der Waals surface area contributed by atoms with Crippen LogP contribution < -0.4 is 0 Å². The van der Waals surface area contributed by atoms with Gasteiger partial charge in [0, 0.05) is 19.5 Å². The highest BCUT2D eigenvalue weighted by Gasteiger charge is 2.28. The number of amides is 1. The van der Waals surface area contributed by atoms with Gasteiger partial charge < -0.3 is 9.42 Å². The molecule has 5 heteroatoms. The van der Waals surface area contributed by atoms with Gasteiger partial charge in [-0.25, -0.2) is 0 Å². The first-order chi connectivity index (χ1) is 10.7. The van der Waals surface area contributed by atoms with Gasteiger partial charge >= 0.3 is 0 Å². The fourth-order valence-corrected chi connectivity index (χ4v) is 3.85. The average molecular weight is 305 g/mol. The van der Waals surface area contributed by atoms with Crippen LogP contribution >= 0.6 is 0 Å². The lowest BCUT2D eigenvalue weighted by molar-refractivity contribution is -0.132. The fraction of sp³-hybridized carbons (Fsp3) is 0.824. The molecule has 1 atom stereocenters. The predicted octanol–water partition coefficient (Wildman–Crippen LogP) is 3.44. The zero-order valence-electron chi connectivity index (χ0n) is 13.6. The molecule has 5 nitrogen and oxygen atoms in total. The smallest absolute Gasteiger partial charge is 0.231 e. The third-order valence-corrected chi connectivity index (χ3v) is 5.16. The van der Waals surface area contributed by atoms with Gasteiger partial charge in [0.25, 0.3) is 0 Å². The van der Waals surface area contributed by atoms with Crippen LogP contribution in [0.5, 0.6) is 0 Å². The van der Waals surface area contributed by atoms with Crippen LogP contribution in [0.15, 0.2) is 4.52 Å². The van der Waals surface area contributed by atoms with E-state index < -0.39 is 0 Å². The summed E-state index contributed by atoms with van der Waals surface area (Å²) in [6.07, 6.45) is 10.5. The largest absolute Gasteiger partial charge is 0.342 e. The number of aryl methyl sites for hydroxylation is 1. The van der Waals surface area contributed by atoms with Gasteiger partial charge in [-0.05, 0) is 32.1 Å². The van der Waals surface area contributed by atoms with E-state index in [0.29, 0.717) is 24.0 Å². The van der Waals surface area contributed by atoms with Gasteiger partial charge in [0.2, 0.25) is 11.8 Å². The Kier molecular flexibility index (Phi) is 5.11. The van der Waals surface area contributed by atoms with E-state index in [-0.39, 0.29) is 5.92 Å². The minimum absolute atomic E-state index is 0.216. The standard InChI is InChI=1S/C17H27N3O2/c1-13-18-17(22-19-13)15-8-5-11-20(12-15)16(21)10-9-14-6-3-2-4-7-14/h14-15H,2-12H2,1H3/t15-/m1/s1. The van der Waals surface area contributed by atoms with Gasteiger partial charge in [0.1, 0.15) is 0 Å². The highest BCUT2D eigenvalue weighted by Crippen LogP contribution is 2.29. The number of carbonyl (C=O) groups excluding carboxylic acids is 1. The molecule has 3 rings (SSSR count). The highest BCUT2D eigenvalue weighted by molar-refractivity contribution is 5.76. The molecule has 2 fully saturated rings. The van der Waals surface area contributed by atoms with Crippen molar-refractivity contribution in [2.45, 2.75) is 70.6 Å². The van der Waals surface area contributed by atoms with Gasteiger partial charge in [-0.1, -0.05) is 37.3 Å². The normalized spacial score (nSPS) is 23.7. The van der Waals surface area contributed by atoms with Gasteiger partial charge in [-0.3, -0.25) is 4.79 Å². The maximum Gasteiger partial charge on any atom is 0.231 e. The number of nitrogens with zero attached hydrogens (tertiary/aromatic N) is 3. The topological polar surface area (TPSA) is 59.2 Å². The van der Waals surface area contributed by atoms with Crippen molar-refractivity contribution < 1.29 is 9.32 Å². The first-order valence-electron chi connectivity index (χ1n) is 8.80. The SMILES string of the molecule is Cc1noc([C@@H]2CCCN(C(=O)CCC3CCCCC3)C2)n1. The zero-order chi connectivity index (χ0) is 15.4. The highest BCUT2D eigenvalue weighted by atomic mass is 16.5. The molecule has 2 heterocycles. The maximum atomic E-state index is 12.5. The second-order valence-corrected chi connectivity index (χ2v) is 6.90. The van der Waals surface area contributed by atoms with E-state index in [4.69, 9.17) is 4.52 Å². The van der Waals surface area contributed by atoms with E-state index in [1.807, 2.05) is 11.8 Å². The summed E-state index contributed by atoms with van der Waals surface area (Å²) in [5.74, 6) is 2.68. The van der Waals surface area contributed by atoms with Gasteiger partial charge in [-0.2, -0.15) is 4.98 Å². The minimum atomic E-state index is 0.216. The lowest BCUT2D eigenvalue weighted by Gasteiger charge is -2.31. The van der Waals surface area contributed by atoms with E-state index in [9.17, 15) is 4.79 Å². The van der Waals surface area contributed by atoms with Crippen LogP contribution in [0.4, 0.5) is 0 Å². The summed E-state index contributed by atoms with van der Waals surface area (Å²) in [5, 5.41) is 3.87. The first-order valence-corrected chi connectivity index (χ1v) is 8.80. The van der Waals surface area contributed by atoms with Crippen LogP contribution in [-0.2, 0) is 4.79 Å². The van der Waals surface area contributed by atoms with E-state index in [1.54, 1.807) is 0 Å². The summed E-state index contributed by atoms with van der Waals surface area (Å²) < 4.78 is 5.29. The van der Waals surface area contributed by atoms with Crippen molar-refractivity contribution in [2.75, 3.05) is 13.1 Å². The summed E-state index contributed by atoms with van der Waals surface area (Å²) in [5.41, 5.74) is 0. The Balaban J connectivity index is 1.49. The Morgan fingerprint density at radius 3 is 2.77 bits per heavy atom. The molecule has 122 valence electrons. The summed E-state index contributed by atoms with van der Waals surface area (Å²) in [7, 11) is 0. The Bertz CT molecular complexity index is 494. The number of carbonyl (C=O) groups is 1. The molecule has 0 radical (unpaired) electrons. The monoisotopic (exact) mass is 305 g/mol. The van der Waals surface area contributed by atoms with Crippen molar-refractivity contribution in [2.24, 2.45) is 5.92 Å². The molecule has 2 aliphatic rings. The maximum absolute atomic E-state index is 12.5. The summed E-state index contributed by atoms with van der Waals surface area (Å²) >= 11 is 0. The number of hydrogen-bond donors (Lipinski definition) is 0. The number of aromatic nitrogens is 2. The second kappa shape index (κ2) is 7.25. The summed E-state index contributed by atoms with van der Waals surface area (Å²) in [6.45, 7) is 3.46. The molecule has 22 heavy (non-hydrogen) atoms. The van der Waals surface area contributed by atoms with Crippen LogP contribution in [0.25, 0.3) is 0 Å². The zero-order valence-corrected chi connectivity index (χ0v) is 13.6. The molecule has 1 aliphatic carbocycles. The van der Waals surface area contributed by atoms with Gasteiger partial charge in [0.05, 0.1) is 5.92 Å². The lowest BCUT2D eigenvalue weighted by atomic mass is 9.86. The van der Waals surface area contributed by atoms with E-state index in [1.165, 1.54) is 32.1 Å². The van der Waals surface area contributed by atoms with Crippen molar-refractivity contribution in [1.29, 1.82) is 0 Å². The summed E-state index contributed by atoms with van der Waals surface area (Å²) in [6, 6.07) is 0. The van der Waals surface area contributed by atoms with Crippen LogP contribution in [0.3, 0.4) is 0 Å². The first kappa shape index (κ1) is 15.5. The Hall–Kier alpha value is -1.39. The molecule has 0 N–H and O–H groups in total. The van der Waals surface area contributed by atoms with Crippen LogP contribution in [-0.4, -0.2) is 34.0 Å². The molecule has 0 unspecified atom stereocenters. The molecule has 1 aliphatic heterocycles. The molecule has 1 amide bonds. The average Bonchev–Trinajstić information content (AvgIpc) is 3.00. The van der Waals surface area contributed by atoms with Crippen LogP contribution in [0.2, 0.25) is 0 Å². The van der Waals surface area contributed by atoms with Crippen molar-refractivity contribution >= 4 is 5.91 Å². The Morgan fingerprint density at radius 1 is 1.23 bits per heavy atom. The molecule has 0 bridgehead atoms. The number of rotatable bonds is 4. The van der Waals surface area contributed by atoms with E-state index >= 15 is 0 Å². The lowest BCUT2D eigenvalue weighted by Crippen LogP contribution is -2.39. The van der Waals surface area contributed by atoms with Crippen molar-refractivity contribution in [3.63, 3.8) is 0 Å². The third-order valence-electron chi connectivity index (χ3n) is 5.16. The van der Waals surface area contributed by atoms with Crippen molar-refractivity contribution in [1.82, 2.24) is 15.0 Å². The molecule has 0 aromatic carbocycles. The minimum Gasteiger partial charge on any atom is -0.342 e. The number of likely N-dealkylation sites (tertiary alicyclic amines) is 1. The summed E-state index contributed by atoms with van der Waals surface area (Å²) in [4.78, 5) is 18.8. The number of hydrogen-bond acceptors (Lipinski definition) is 4.